The van der Waals surface area contributed by atoms with Crippen molar-refractivity contribution in [2.75, 3.05) is 5.84 Å². The lowest BCUT2D eigenvalue weighted by molar-refractivity contribution is 0.731. The molecule has 0 bridgehead atoms. The molecule has 0 aliphatic carbocycles. The summed E-state index contributed by atoms with van der Waals surface area (Å²) in [6, 6.07) is 17.1. The Balaban J connectivity index is 2.22. The summed E-state index contributed by atoms with van der Waals surface area (Å²) in [5.41, 5.74) is 1.54. The summed E-state index contributed by atoms with van der Waals surface area (Å²) in [6.07, 6.45) is 0. The zero-order valence-electron chi connectivity index (χ0n) is 11.2. The van der Waals surface area contributed by atoms with Crippen LogP contribution in [0.25, 0.3) is 10.9 Å². The summed E-state index contributed by atoms with van der Waals surface area (Å²) in [5.74, 6) is 6.45. The first-order valence-electron chi connectivity index (χ1n) is 6.50. The minimum absolute atomic E-state index is 0.0430. The van der Waals surface area contributed by atoms with Gasteiger partial charge in [0.15, 0.2) is 0 Å². The van der Waals surface area contributed by atoms with Crippen molar-refractivity contribution in [2.45, 2.75) is 12.8 Å². The third-order valence-electron chi connectivity index (χ3n) is 3.52. The van der Waals surface area contributed by atoms with Crippen LogP contribution in [-0.2, 0) is 0 Å². The average Bonchev–Trinajstić information content (AvgIpc) is 2.51. The molecule has 0 fully saturated rings. The first-order chi connectivity index (χ1) is 9.68. The molecule has 0 aliphatic heterocycles. The summed E-state index contributed by atoms with van der Waals surface area (Å²) in [4.78, 5) is 16.8. The van der Waals surface area contributed by atoms with Crippen LogP contribution in [0.5, 0.6) is 0 Å². The van der Waals surface area contributed by atoms with Crippen LogP contribution < -0.4 is 11.4 Å². The van der Waals surface area contributed by atoms with E-state index in [1.165, 1.54) is 0 Å². The molecule has 0 saturated heterocycles. The van der Waals surface area contributed by atoms with Gasteiger partial charge in [0.25, 0.3) is 5.56 Å². The van der Waals surface area contributed by atoms with Crippen LogP contribution in [0.3, 0.4) is 0 Å². The van der Waals surface area contributed by atoms with Gasteiger partial charge in [0.05, 0.1) is 10.9 Å². The van der Waals surface area contributed by atoms with Crippen molar-refractivity contribution in [1.29, 1.82) is 0 Å². The van der Waals surface area contributed by atoms with Crippen LogP contribution in [0.1, 0.15) is 24.2 Å². The smallest absolute Gasteiger partial charge is 0.279 e. The van der Waals surface area contributed by atoms with Crippen LogP contribution in [0, 0.1) is 0 Å². The van der Waals surface area contributed by atoms with Gasteiger partial charge in [0, 0.05) is 5.92 Å². The number of para-hydroxylation sites is 1. The van der Waals surface area contributed by atoms with Crippen LogP contribution in [0.15, 0.2) is 59.4 Å². The Morgan fingerprint density at radius 3 is 2.45 bits per heavy atom. The first-order valence-corrected chi connectivity index (χ1v) is 6.50. The standard InChI is InChI=1S/C16H15N3O/c1-11(12-7-3-2-4-8-12)15-18-14-10-6-5-9-13(14)16(20)19(15)17/h2-11H,17H2,1H3/t11-/m0/s1. The second-order valence-corrected chi connectivity index (χ2v) is 4.79. The second kappa shape index (κ2) is 4.81. The SMILES string of the molecule is C[C@@H](c1ccccc1)c1nc2ccccc2c(=O)n1N. The molecule has 0 aliphatic rings. The molecule has 3 aromatic rings. The average molecular weight is 265 g/mol. The highest BCUT2D eigenvalue weighted by molar-refractivity contribution is 5.77. The van der Waals surface area contributed by atoms with Gasteiger partial charge in [-0.3, -0.25) is 4.79 Å². The largest absolute Gasteiger partial charge is 0.335 e. The molecule has 2 N–H and O–H groups in total. The molecule has 0 amide bonds. The second-order valence-electron chi connectivity index (χ2n) is 4.79. The quantitative estimate of drug-likeness (QED) is 0.723. The maximum absolute atomic E-state index is 12.3. The van der Waals surface area contributed by atoms with Crippen molar-refractivity contribution in [2.24, 2.45) is 0 Å². The van der Waals surface area contributed by atoms with Gasteiger partial charge >= 0.3 is 0 Å². The minimum Gasteiger partial charge on any atom is -0.335 e. The van der Waals surface area contributed by atoms with E-state index in [1.807, 2.05) is 55.5 Å². The van der Waals surface area contributed by atoms with Crippen molar-refractivity contribution in [3.05, 3.63) is 76.3 Å². The predicted molar refractivity (Wildman–Crippen MR) is 80.1 cm³/mol. The first kappa shape index (κ1) is 12.4. The summed E-state index contributed by atoms with van der Waals surface area (Å²) in [5, 5.41) is 0.541. The molecule has 20 heavy (non-hydrogen) atoms. The molecule has 0 unspecified atom stereocenters. The molecule has 0 spiro atoms. The minimum atomic E-state index is -0.214. The fraction of sp³-hybridized carbons (Fsp3) is 0.125. The number of nitrogen functional groups attached to an aromatic ring is 1. The number of hydrogen-bond donors (Lipinski definition) is 1. The number of fused-ring (bicyclic) bond motifs is 1. The van der Waals surface area contributed by atoms with Gasteiger partial charge in [-0.15, -0.1) is 0 Å². The maximum atomic E-state index is 12.3. The Bertz CT molecular complexity index is 809. The molecule has 0 saturated carbocycles. The van der Waals surface area contributed by atoms with Crippen LogP contribution in [-0.4, -0.2) is 9.66 Å². The highest BCUT2D eigenvalue weighted by Gasteiger charge is 2.16. The molecule has 1 aromatic heterocycles. The maximum Gasteiger partial charge on any atom is 0.279 e. The van der Waals surface area contributed by atoms with Crippen LogP contribution >= 0.6 is 0 Å². The predicted octanol–water partition coefficient (Wildman–Crippen LogP) is 2.26. The van der Waals surface area contributed by atoms with E-state index in [-0.39, 0.29) is 11.5 Å². The van der Waals surface area contributed by atoms with Crippen molar-refractivity contribution in [3.63, 3.8) is 0 Å². The highest BCUT2D eigenvalue weighted by Crippen LogP contribution is 2.21. The zero-order chi connectivity index (χ0) is 14.1. The van der Waals surface area contributed by atoms with E-state index in [0.29, 0.717) is 16.7 Å². The Kier molecular flexibility index (Phi) is 2.99. The van der Waals surface area contributed by atoms with Crippen molar-refractivity contribution in [1.82, 2.24) is 9.66 Å². The van der Waals surface area contributed by atoms with E-state index in [9.17, 15) is 4.79 Å². The number of aromatic nitrogens is 2. The number of rotatable bonds is 2. The molecule has 1 heterocycles. The molecule has 0 radical (unpaired) electrons. The van der Waals surface area contributed by atoms with Gasteiger partial charge in [0.2, 0.25) is 0 Å². The summed E-state index contributed by atoms with van der Waals surface area (Å²) < 4.78 is 1.15. The summed E-state index contributed by atoms with van der Waals surface area (Å²) >= 11 is 0. The molecule has 3 rings (SSSR count). The topological polar surface area (TPSA) is 60.9 Å². The molecule has 4 heteroatoms. The number of hydrogen-bond acceptors (Lipinski definition) is 3. The molecule has 1 atom stereocenters. The molecular formula is C16H15N3O. The van der Waals surface area contributed by atoms with E-state index in [1.54, 1.807) is 6.07 Å². The zero-order valence-corrected chi connectivity index (χ0v) is 11.2. The number of nitrogens with zero attached hydrogens (tertiary/aromatic N) is 2. The molecule has 100 valence electrons. The molecule has 4 nitrogen and oxygen atoms in total. The summed E-state index contributed by atoms with van der Waals surface area (Å²) in [7, 11) is 0. The third kappa shape index (κ3) is 1.95. The van der Waals surface area contributed by atoms with E-state index in [4.69, 9.17) is 5.84 Å². The Morgan fingerprint density at radius 1 is 1.05 bits per heavy atom. The lowest BCUT2D eigenvalue weighted by Crippen LogP contribution is -2.32. The Morgan fingerprint density at radius 2 is 1.70 bits per heavy atom. The van der Waals surface area contributed by atoms with Gasteiger partial charge in [-0.25, -0.2) is 9.66 Å². The van der Waals surface area contributed by atoms with E-state index >= 15 is 0 Å². The fourth-order valence-electron chi connectivity index (χ4n) is 2.36. The van der Waals surface area contributed by atoms with E-state index < -0.39 is 0 Å². The molecular weight excluding hydrogens is 250 g/mol. The van der Waals surface area contributed by atoms with Crippen molar-refractivity contribution in [3.8, 4) is 0 Å². The third-order valence-corrected chi connectivity index (χ3v) is 3.52. The van der Waals surface area contributed by atoms with Crippen molar-refractivity contribution < 1.29 is 0 Å². The van der Waals surface area contributed by atoms with Gasteiger partial charge in [-0.2, -0.15) is 0 Å². The van der Waals surface area contributed by atoms with Gasteiger partial charge < -0.3 is 5.84 Å². The van der Waals surface area contributed by atoms with Gasteiger partial charge in [-0.05, 0) is 17.7 Å². The number of benzene rings is 2. The monoisotopic (exact) mass is 265 g/mol. The number of nitrogens with two attached hydrogens (primary N) is 1. The van der Waals surface area contributed by atoms with Gasteiger partial charge in [-0.1, -0.05) is 49.4 Å². The lowest BCUT2D eigenvalue weighted by atomic mass is 10.0. The van der Waals surface area contributed by atoms with E-state index in [2.05, 4.69) is 4.98 Å². The van der Waals surface area contributed by atoms with Gasteiger partial charge in [0.1, 0.15) is 5.82 Å². The normalized spacial score (nSPS) is 12.4. The van der Waals surface area contributed by atoms with Crippen LogP contribution in [0.4, 0.5) is 0 Å². The Labute approximate surface area is 116 Å². The summed E-state index contributed by atoms with van der Waals surface area (Å²) in [6.45, 7) is 2.00. The van der Waals surface area contributed by atoms with Crippen LogP contribution in [0.2, 0.25) is 0 Å². The highest BCUT2D eigenvalue weighted by atomic mass is 16.1. The van der Waals surface area contributed by atoms with Crippen molar-refractivity contribution >= 4 is 10.9 Å². The Hall–Kier alpha value is -2.62. The van der Waals surface area contributed by atoms with E-state index in [0.717, 1.165) is 10.2 Å². The fourth-order valence-corrected chi connectivity index (χ4v) is 2.36. The molecule has 2 aromatic carbocycles. The lowest BCUT2D eigenvalue weighted by Gasteiger charge is -2.15.